The average Bonchev–Trinajstić information content (AvgIpc) is 2.74. The summed E-state index contributed by atoms with van der Waals surface area (Å²) in [4.78, 5) is 15.3. The van der Waals surface area contributed by atoms with Crippen molar-refractivity contribution in [1.82, 2.24) is 14.5 Å². The fraction of sp³-hybridized carbons (Fsp3) is 0.409. The van der Waals surface area contributed by atoms with E-state index in [9.17, 15) is 13.2 Å². The number of ether oxygens (including phenoxy) is 1. The smallest absolute Gasteiger partial charge is 0.243 e. The van der Waals surface area contributed by atoms with Gasteiger partial charge in [-0.2, -0.15) is 4.31 Å². The zero-order valence-corrected chi connectivity index (χ0v) is 18.3. The van der Waals surface area contributed by atoms with Crippen LogP contribution in [0, 0.1) is 0 Å². The molecule has 0 saturated carbocycles. The van der Waals surface area contributed by atoms with E-state index in [-0.39, 0.29) is 5.91 Å². The first kappa shape index (κ1) is 22.4. The molecule has 1 unspecified atom stereocenters. The van der Waals surface area contributed by atoms with E-state index in [0.717, 1.165) is 49.0 Å². The van der Waals surface area contributed by atoms with Crippen molar-refractivity contribution in [3.63, 3.8) is 0 Å². The zero-order valence-electron chi connectivity index (χ0n) is 17.5. The highest BCUT2D eigenvalue weighted by Gasteiger charge is 2.30. The van der Waals surface area contributed by atoms with Crippen LogP contribution in [0.3, 0.4) is 0 Å². The summed E-state index contributed by atoms with van der Waals surface area (Å²) in [5.41, 5.74) is 2.80. The lowest BCUT2D eigenvalue weighted by molar-refractivity contribution is -0.124. The summed E-state index contributed by atoms with van der Waals surface area (Å²) in [5.74, 6) is -0.355. The Bertz CT molecular complexity index is 927. The molecule has 1 saturated heterocycles. The van der Waals surface area contributed by atoms with E-state index in [4.69, 9.17) is 4.74 Å². The van der Waals surface area contributed by atoms with Gasteiger partial charge in [-0.05, 0) is 16.7 Å². The SMILES string of the molecule is CN(C(C(=O)NCc1ccc(CN2CCOCC2)cc1)c1ccccc1)S(C)(=O)=O. The van der Waals surface area contributed by atoms with Gasteiger partial charge < -0.3 is 10.1 Å². The number of likely N-dealkylation sites (N-methyl/N-ethyl adjacent to an activating group) is 1. The van der Waals surface area contributed by atoms with Crippen LogP contribution < -0.4 is 5.32 Å². The van der Waals surface area contributed by atoms with E-state index in [2.05, 4.69) is 22.3 Å². The summed E-state index contributed by atoms with van der Waals surface area (Å²) in [6, 6.07) is 16.1. The Labute approximate surface area is 178 Å². The van der Waals surface area contributed by atoms with Gasteiger partial charge >= 0.3 is 0 Å². The predicted molar refractivity (Wildman–Crippen MR) is 116 cm³/mol. The van der Waals surface area contributed by atoms with Gasteiger partial charge in [0.2, 0.25) is 15.9 Å². The Kier molecular flexibility index (Phi) is 7.60. The van der Waals surface area contributed by atoms with E-state index in [1.165, 1.54) is 12.6 Å². The third-order valence-electron chi connectivity index (χ3n) is 5.25. The molecular weight excluding hydrogens is 402 g/mol. The Morgan fingerprint density at radius 1 is 1.07 bits per heavy atom. The van der Waals surface area contributed by atoms with E-state index in [1.807, 2.05) is 18.2 Å². The quantitative estimate of drug-likeness (QED) is 0.689. The Balaban J connectivity index is 1.63. The van der Waals surface area contributed by atoms with E-state index in [0.29, 0.717) is 12.1 Å². The highest BCUT2D eigenvalue weighted by Crippen LogP contribution is 2.22. The van der Waals surface area contributed by atoms with Crippen LogP contribution in [0.4, 0.5) is 0 Å². The third kappa shape index (κ3) is 6.12. The van der Waals surface area contributed by atoms with Gasteiger partial charge in [0.1, 0.15) is 6.04 Å². The monoisotopic (exact) mass is 431 g/mol. The summed E-state index contributed by atoms with van der Waals surface area (Å²) >= 11 is 0. The zero-order chi connectivity index (χ0) is 21.6. The van der Waals surface area contributed by atoms with Crippen molar-refractivity contribution in [2.45, 2.75) is 19.1 Å². The van der Waals surface area contributed by atoms with Crippen LogP contribution in [0.1, 0.15) is 22.7 Å². The maximum atomic E-state index is 12.9. The van der Waals surface area contributed by atoms with Crippen LogP contribution in [0.25, 0.3) is 0 Å². The van der Waals surface area contributed by atoms with Gasteiger partial charge in [-0.3, -0.25) is 9.69 Å². The number of carbonyl (C=O) groups excluding carboxylic acids is 1. The molecule has 0 radical (unpaired) electrons. The summed E-state index contributed by atoms with van der Waals surface area (Å²) in [5, 5.41) is 2.88. The topological polar surface area (TPSA) is 79.0 Å². The summed E-state index contributed by atoms with van der Waals surface area (Å²) < 4.78 is 30.6. The Hall–Kier alpha value is -2.26. The lowest BCUT2D eigenvalue weighted by atomic mass is 10.1. The van der Waals surface area contributed by atoms with Crippen LogP contribution in [0.15, 0.2) is 54.6 Å². The van der Waals surface area contributed by atoms with Crippen molar-refractivity contribution in [3.8, 4) is 0 Å². The normalized spacial score (nSPS) is 16.4. The van der Waals surface area contributed by atoms with E-state index >= 15 is 0 Å². The van der Waals surface area contributed by atoms with E-state index in [1.54, 1.807) is 24.3 Å². The number of amides is 1. The molecule has 1 N–H and O–H groups in total. The van der Waals surface area contributed by atoms with Crippen molar-refractivity contribution in [1.29, 1.82) is 0 Å². The van der Waals surface area contributed by atoms with Gasteiger partial charge in [-0.1, -0.05) is 54.6 Å². The molecule has 1 heterocycles. The lowest BCUT2D eigenvalue weighted by Gasteiger charge is -2.26. The molecule has 0 aromatic heterocycles. The number of nitrogens with one attached hydrogen (secondary N) is 1. The molecule has 0 spiro atoms. The van der Waals surface area contributed by atoms with Gasteiger partial charge in [-0.25, -0.2) is 8.42 Å². The first-order valence-corrected chi connectivity index (χ1v) is 11.8. The number of benzene rings is 2. The van der Waals surface area contributed by atoms with Crippen LogP contribution >= 0.6 is 0 Å². The molecule has 1 aliphatic heterocycles. The minimum atomic E-state index is -3.54. The molecule has 1 aliphatic rings. The molecule has 0 bridgehead atoms. The van der Waals surface area contributed by atoms with Crippen molar-refractivity contribution in [2.24, 2.45) is 0 Å². The molecule has 0 aliphatic carbocycles. The minimum absolute atomic E-state index is 0.331. The molecule has 3 rings (SSSR count). The number of nitrogens with zero attached hydrogens (tertiary/aromatic N) is 2. The number of carbonyl (C=O) groups is 1. The van der Waals surface area contributed by atoms with E-state index < -0.39 is 16.1 Å². The van der Waals surface area contributed by atoms with Gasteiger partial charge in [-0.15, -0.1) is 0 Å². The van der Waals surface area contributed by atoms with Crippen LogP contribution in [-0.2, 0) is 32.6 Å². The maximum absolute atomic E-state index is 12.9. The molecule has 1 atom stereocenters. The van der Waals surface area contributed by atoms with Gasteiger partial charge in [0, 0.05) is 33.2 Å². The largest absolute Gasteiger partial charge is 0.379 e. The minimum Gasteiger partial charge on any atom is -0.379 e. The number of sulfonamides is 1. The summed E-state index contributed by atoms with van der Waals surface area (Å²) in [6.45, 7) is 4.63. The standard InChI is InChI=1S/C22H29N3O4S/c1-24(30(2,27)28)21(20-6-4-3-5-7-20)22(26)23-16-18-8-10-19(11-9-18)17-25-12-14-29-15-13-25/h3-11,21H,12-17H2,1-2H3,(H,23,26). The molecule has 1 amide bonds. The second-order valence-corrected chi connectivity index (χ2v) is 9.56. The number of morpholine rings is 1. The van der Waals surface area contributed by atoms with Crippen molar-refractivity contribution >= 4 is 15.9 Å². The van der Waals surface area contributed by atoms with Crippen molar-refractivity contribution < 1.29 is 17.9 Å². The van der Waals surface area contributed by atoms with Crippen molar-refractivity contribution in [3.05, 3.63) is 71.3 Å². The second kappa shape index (κ2) is 10.2. The predicted octanol–water partition coefficient (Wildman–Crippen LogP) is 1.77. The fourth-order valence-corrected chi connectivity index (χ4v) is 4.02. The van der Waals surface area contributed by atoms with Crippen molar-refractivity contribution in [2.75, 3.05) is 39.6 Å². The Morgan fingerprint density at radius 3 is 2.27 bits per heavy atom. The maximum Gasteiger partial charge on any atom is 0.243 e. The molecule has 2 aromatic carbocycles. The number of hydrogen-bond acceptors (Lipinski definition) is 5. The van der Waals surface area contributed by atoms with Gasteiger partial charge in [0.05, 0.1) is 19.5 Å². The first-order chi connectivity index (χ1) is 14.3. The van der Waals surface area contributed by atoms with Crippen LogP contribution in [0.2, 0.25) is 0 Å². The molecule has 30 heavy (non-hydrogen) atoms. The highest BCUT2D eigenvalue weighted by molar-refractivity contribution is 7.88. The number of hydrogen-bond donors (Lipinski definition) is 1. The first-order valence-electron chi connectivity index (χ1n) is 9.98. The fourth-order valence-electron chi connectivity index (χ4n) is 3.42. The highest BCUT2D eigenvalue weighted by atomic mass is 32.2. The molecular formula is C22H29N3O4S. The summed E-state index contributed by atoms with van der Waals surface area (Å²) in [7, 11) is -2.12. The second-order valence-electron chi connectivity index (χ2n) is 7.52. The molecule has 162 valence electrons. The lowest BCUT2D eigenvalue weighted by Crippen LogP contribution is -2.41. The molecule has 8 heteroatoms. The van der Waals surface area contributed by atoms with Crippen LogP contribution in [0.5, 0.6) is 0 Å². The number of rotatable bonds is 8. The van der Waals surface area contributed by atoms with Crippen LogP contribution in [-0.4, -0.2) is 63.1 Å². The molecule has 1 fully saturated rings. The van der Waals surface area contributed by atoms with Gasteiger partial charge in [0.25, 0.3) is 0 Å². The molecule has 7 nitrogen and oxygen atoms in total. The third-order valence-corrected chi connectivity index (χ3v) is 6.51. The average molecular weight is 432 g/mol. The molecule has 2 aromatic rings. The van der Waals surface area contributed by atoms with Gasteiger partial charge in [0.15, 0.2) is 0 Å². The summed E-state index contributed by atoms with van der Waals surface area (Å²) in [6.07, 6.45) is 1.10. The Morgan fingerprint density at radius 2 is 1.67 bits per heavy atom.